The molecule has 0 heterocycles. The standard InChI is InChI=1S/C14H22O2/c1-9-7-11(3)13(8-10(9)2)14(5,15)12(4)16-6/h7-8,12,15H,1-6H3. The Kier molecular flexibility index (Phi) is 3.76. The molecule has 16 heavy (non-hydrogen) atoms. The van der Waals surface area contributed by atoms with Crippen molar-refractivity contribution in [1.82, 2.24) is 0 Å². The number of rotatable bonds is 3. The normalized spacial score (nSPS) is 16.9. The fourth-order valence-corrected chi connectivity index (χ4v) is 1.95. The molecule has 0 amide bonds. The van der Waals surface area contributed by atoms with Crippen LogP contribution in [0.25, 0.3) is 0 Å². The number of aliphatic hydroxyl groups is 1. The third kappa shape index (κ3) is 2.28. The highest BCUT2D eigenvalue weighted by atomic mass is 16.5. The Morgan fingerprint density at radius 1 is 1.12 bits per heavy atom. The SMILES string of the molecule is COC(C)C(C)(O)c1cc(C)c(C)cc1C. The van der Waals surface area contributed by atoms with Crippen LogP contribution in [-0.4, -0.2) is 18.3 Å². The molecular formula is C14H22O2. The number of hydrogen-bond donors (Lipinski definition) is 1. The Hall–Kier alpha value is -0.860. The third-order valence-corrected chi connectivity index (χ3v) is 3.53. The molecule has 0 aliphatic carbocycles. The van der Waals surface area contributed by atoms with E-state index in [9.17, 15) is 5.11 Å². The van der Waals surface area contributed by atoms with Gasteiger partial charge in [0.05, 0.1) is 6.10 Å². The molecule has 1 rings (SSSR count). The molecule has 0 saturated heterocycles. The van der Waals surface area contributed by atoms with E-state index in [1.165, 1.54) is 11.1 Å². The van der Waals surface area contributed by atoms with Gasteiger partial charge in [-0.3, -0.25) is 0 Å². The van der Waals surface area contributed by atoms with Gasteiger partial charge in [-0.1, -0.05) is 12.1 Å². The molecule has 0 radical (unpaired) electrons. The topological polar surface area (TPSA) is 29.5 Å². The smallest absolute Gasteiger partial charge is 0.113 e. The van der Waals surface area contributed by atoms with Gasteiger partial charge < -0.3 is 9.84 Å². The van der Waals surface area contributed by atoms with Gasteiger partial charge in [0.1, 0.15) is 5.60 Å². The van der Waals surface area contributed by atoms with Gasteiger partial charge in [-0.25, -0.2) is 0 Å². The van der Waals surface area contributed by atoms with Crippen LogP contribution in [0.1, 0.15) is 36.1 Å². The van der Waals surface area contributed by atoms with E-state index in [2.05, 4.69) is 26.0 Å². The van der Waals surface area contributed by atoms with Crippen LogP contribution in [-0.2, 0) is 10.3 Å². The van der Waals surface area contributed by atoms with Gasteiger partial charge >= 0.3 is 0 Å². The maximum absolute atomic E-state index is 10.5. The van der Waals surface area contributed by atoms with E-state index in [-0.39, 0.29) is 6.10 Å². The highest BCUT2D eigenvalue weighted by molar-refractivity contribution is 5.39. The quantitative estimate of drug-likeness (QED) is 0.852. The molecule has 2 atom stereocenters. The molecule has 2 nitrogen and oxygen atoms in total. The summed E-state index contributed by atoms with van der Waals surface area (Å²) >= 11 is 0. The van der Waals surface area contributed by atoms with E-state index < -0.39 is 5.60 Å². The van der Waals surface area contributed by atoms with Gasteiger partial charge in [-0.2, -0.15) is 0 Å². The molecule has 0 aliphatic rings. The summed E-state index contributed by atoms with van der Waals surface area (Å²) in [6, 6.07) is 4.17. The highest BCUT2D eigenvalue weighted by Gasteiger charge is 2.32. The molecular weight excluding hydrogens is 200 g/mol. The van der Waals surface area contributed by atoms with Gasteiger partial charge in [0.25, 0.3) is 0 Å². The molecule has 1 aromatic rings. The van der Waals surface area contributed by atoms with Crippen LogP contribution in [0.4, 0.5) is 0 Å². The van der Waals surface area contributed by atoms with Crippen LogP contribution in [0, 0.1) is 20.8 Å². The average molecular weight is 222 g/mol. The van der Waals surface area contributed by atoms with E-state index in [0.717, 1.165) is 11.1 Å². The largest absolute Gasteiger partial charge is 0.383 e. The third-order valence-electron chi connectivity index (χ3n) is 3.53. The molecule has 0 aromatic heterocycles. The first-order chi connectivity index (χ1) is 7.30. The maximum atomic E-state index is 10.5. The number of aryl methyl sites for hydroxylation is 3. The van der Waals surface area contributed by atoms with Crippen molar-refractivity contribution in [2.75, 3.05) is 7.11 Å². The summed E-state index contributed by atoms with van der Waals surface area (Å²) < 4.78 is 5.24. The second-order valence-corrected chi connectivity index (χ2v) is 4.78. The van der Waals surface area contributed by atoms with Crippen LogP contribution in [0.3, 0.4) is 0 Å². The molecule has 2 unspecified atom stereocenters. The van der Waals surface area contributed by atoms with Gasteiger partial charge in [0, 0.05) is 7.11 Å². The molecule has 0 fully saturated rings. The summed E-state index contributed by atoms with van der Waals surface area (Å²) in [5, 5.41) is 10.5. The Labute approximate surface area is 98.3 Å². The predicted octanol–water partition coefficient (Wildman–Crippen LogP) is 2.85. The summed E-state index contributed by atoms with van der Waals surface area (Å²) in [6.07, 6.45) is -0.228. The van der Waals surface area contributed by atoms with Gasteiger partial charge in [0.2, 0.25) is 0 Å². The molecule has 0 spiro atoms. The minimum atomic E-state index is -0.947. The minimum Gasteiger partial charge on any atom is -0.383 e. The number of ether oxygens (including phenoxy) is 1. The summed E-state index contributed by atoms with van der Waals surface area (Å²) in [4.78, 5) is 0. The zero-order valence-corrected chi connectivity index (χ0v) is 11.1. The second kappa shape index (κ2) is 4.56. The zero-order valence-electron chi connectivity index (χ0n) is 11.1. The van der Waals surface area contributed by atoms with Crippen LogP contribution in [0.2, 0.25) is 0 Å². The number of hydrogen-bond acceptors (Lipinski definition) is 2. The average Bonchev–Trinajstić information content (AvgIpc) is 2.21. The summed E-state index contributed by atoms with van der Waals surface area (Å²) in [7, 11) is 1.62. The molecule has 1 N–H and O–H groups in total. The van der Waals surface area contributed by atoms with E-state index in [4.69, 9.17) is 4.74 Å². The number of benzene rings is 1. The van der Waals surface area contributed by atoms with Gasteiger partial charge in [0.15, 0.2) is 0 Å². The molecule has 1 aromatic carbocycles. The molecule has 0 bridgehead atoms. The summed E-state index contributed by atoms with van der Waals surface area (Å²) in [6.45, 7) is 9.86. The van der Waals surface area contributed by atoms with Crippen molar-refractivity contribution in [3.63, 3.8) is 0 Å². The molecule has 90 valence electrons. The lowest BCUT2D eigenvalue weighted by atomic mass is 9.85. The Bertz CT molecular complexity index is 381. The van der Waals surface area contributed by atoms with Crippen molar-refractivity contribution in [1.29, 1.82) is 0 Å². The van der Waals surface area contributed by atoms with Crippen LogP contribution in [0.5, 0.6) is 0 Å². The monoisotopic (exact) mass is 222 g/mol. The van der Waals surface area contributed by atoms with Crippen LogP contribution in [0.15, 0.2) is 12.1 Å². The zero-order chi connectivity index (χ0) is 12.5. The van der Waals surface area contributed by atoms with E-state index in [1.807, 2.05) is 13.8 Å². The fraction of sp³-hybridized carbons (Fsp3) is 0.571. The van der Waals surface area contributed by atoms with Crippen LogP contribution < -0.4 is 0 Å². The van der Waals surface area contributed by atoms with Crippen molar-refractivity contribution >= 4 is 0 Å². The van der Waals surface area contributed by atoms with Gasteiger partial charge in [-0.05, 0) is 56.9 Å². The summed E-state index contributed by atoms with van der Waals surface area (Å²) in [5.41, 5.74) is 3.56. The Balaban J connectivity index is 3.27. The summed E-state index contributed by atoms with van der Waals surface area (Å²) in [5.74, 6) is 0. The lowest BCUT2D eigenvalue weighted by Gasteiger charge is -2.31. The van der Waals surface area contributed by atoms with E-state index in [1.54, 1.807) is 14.0 Å². The lowest BCUT2D eigenvalue weighted by molar-refractivity contribution is -0.0775. The second-order valence-electron chi connectivity index (χ2n) is 4.78. The van der Waals surface area contributed by atoms with E-state index >= 15 is 0 Å². The minimum absolute atomic E-state index is 0.228. The number of methoxy groups -OCH3 is 1. The first kappa shape index (κ1) is 13.2. The first-order valence-electron chi connectivity index (χ1n) is 5.64. The fourth-order valence-electron chi connectivity index (χ4n) is 1.95. The maximum Gasteiger partial charge on any atom is 0.113 e. The predicted molar refractivity (Wildman–Crippen MR) is 66.7 cm³/mol. The van der Waals surface area contributed by atoms with Crippen molar-refractivity contribution in [2.45, 2.75) is 46.3 Å². The Morgan fingerprint density at radius 2 is 1.62 bits per heavy atom. The van der Waals surface area contributed by atoms with E-state index in [0.29, 0.717) is 0 Å². The molecule has 0 saturated carbocycles. The first-order valence-corrected chi connectivity index (χ1v) is 5.64. The van der Waals surface area contributed by atoms with Crippen molar-refractivity contribution in [3.8, 4) is 0 Å². The van der Waals surface area contributed by atoms with Crippen molar-refractivity contribution < 1.29 is 9.84 Å². The van der Waals surface area contributed by atoms with Crippen molar-refractivity contribution in [2.24, 2.45) is 0 Å². The van der Waals surface area contributed by atoms with Gasteiger partial charge in [-0.15, -0.1) is 0 Å². The highest BCUT2D eigenvalue weighted by Crippen LogP contribution is 2.30. The van der Waals surface area contributed by atoms with Crippen molar-refractivity contribution in [3.05, 3.63) is 34.4 Å². The molecule has 0 aliphatic heterocycles. The van der Waals surface area contributed by atoms with Crippen LogP contribution >= 0.6 is 0 Å². The Morgan fingerprint density at radius 3 is 2.12 bits per heavy atom. The lowest BCUT2D eigenvalue weighted by Crippen LogP contribution is -2.36. The molecule has 2 heteroatoms.